The highest BCUT2D eigenvalue weighted by molar-refractivity contribution is 5.99. The highest BCUT2D eigenvalue weighted by Crippen LogP contribution is 2.31. The summed E-state index contributed by atoms with van der Waals surface area (Å²) in [7, 11) is 0. The average molecular weight is 497 g/mol. The van der Waals surface area contributed by atoms with Crippen LogP contribution >= 0.6 is 0 Å². The Morgan fingerprint density at radius 2 is 1.47 bits per heavy atom. The molecular formula is C28H44N6O2. The third-order valence-electron chi connectivity index (χ3n) is 8.58. The van der Waals surface area contributed by atoms with E-state index in [0.717, 1.165) is 69.5 Å². The summed E-state index contributed by atoms with van der Waals surface area (Å²) in [5, 5.41) is 9.63. The van der Waals surface area contributed by atoms with E-state index in [4.69, 9.17) is 0 Å². The molecule has 3 amide bonds. The predicted octanol–water partition coefficient (Wildman–Crippen LogP) is 3.64. The number of hydrogen-bond acceptors (Lipinski definition) is 5. The maximum atomic E-state index is 13.2. The van der Waals surface area contributed by atoms with Gasteiger partial charge in [-0.05, 0) is 43.9 Å². The Balaban J connectivity index is 1.30. The zero-order valence-corrected chi connectivity index (χ0v) is 21.8. The molecular weight excluding hydrogens is 452 g/mol. The first-order valence-electron chi connectivity index (χ1n) is 14.4. The fourth-order valence-corrected chi connectivity index (χ4v) is 6.46. The molecule has 0 spiro atoms. The van der Waals surface area contributed by atoms with E-state index in [1.807, 2.05) is 23.1 Å². The van der Waals surface area contributed by atoms with Gasteiger partial charge in [0.25, 0.3) is 5.91 Å². The van der Waals surface area contributed by atoms with Crippen molar-refractivity contribution in [3.63, 3.8) is 0 Å². The van der Waals surface area contributed by atoms with Crippen LogP contribution in [0.2, 0.25) is 0 Å². The van der Waals surface area contributed by atoms with Gasteiger partial charge in [-0.1, -0.05) is 38.5 Å². The van der Waals surface area contributed by atoms with Gasteiger partial charge in [0.1, 0.15) is 0 Å². The number of piperazine rings is 2. The molecule has 0 unspecified atom stereocenters. The number of benzene rings is 1. The van der Waals surface area contributed by atoms with Crippen molar-refractivity contribution in [3.05, 3.63) is 23.8 Å². The predicted molar refractivity (Wildman–Crippen MR) is 145 cm³/mol. The summed E-state index contributed by atoms with van der Waals surface area (Å²) in [5.41, 5.74) is 2.42. The lowest BCUT2D eigenvalue weighted by Crippen LogP contribution is -2.51. The molecule has 2 saturated carbocycles. The number of nitrogens with zero attached hydrogens (tertiary/aromatic N) is 3. The summed E-state index contributed by atoms with van der Waals surface area (Å²) >= 11 is 0. The molecule has 0 bridgehead atoms. The minimum atomic E-state index is -0.157. The first kappa shape index (κ1) is 25.3. The molecule has 2 saturated heterocycles. The van der Waals surface area contributed by atoms with Gasteiger partial charge in [-0.25, -0.2) is 4.79 Å². The number of amides is 3. The summed E-state index contributed by atoms with van der Waals surface area (Å²) in [6, 6.07) is 6.70. The molecule has 2 heterocycles. The Labute approximate surface area is 216 Å². The Morgan fingerprint density at radius 3 is 2.17 bits per heavy atom. The molecule has 0 aromatic heterocycles. The zero-order chi connectivity index (χ0) is 24.7. The van der Waals surface area contributed by atoms with E-state index in [0.29, 0.717) is 18.7 Å². The van der Waals surface area contributed by atoms with Crippen molar-refractivity contribution in [1.29, 1.82) is 0 Å². The first-order chi connectivity index (χ1) is 17.7. The van der Waals surface area contributed by atoms with Crippen LogP contribution in [0.15, 0.2) is 18.2 Å². The summed E-state index contributed by atoms with van der Waals surface area (Å²) < 4.78 is 0. The van der Waals surface area contributed by atoms with Crippen LogP contribution in [-0.2, 0) is 0 Å². The van der Waals surface area contributed by atoms with Crippen molar-refractivity contribution in [2.24, 2.45) is 0 Å². The van der Waals surface area contributed by atoms with Crippen LogP contribution in [0, 0.1) is 0 Å². The zero-order valence-electron chi connectivity index (χ0n) is 21.8. The van der Waals surface area contributed by atoms with E-state index >= 15 is 0 Å². The topological polar surface area (TPSA) is 80.0 Å². The third-order valence-corrected chi connectivity index (χ3v) is 8.58. The van der Waals surface area contributed by atoms with Gasteiger partial charge in [0.2, 0.25) is 0 Å². The summed E-state index contributed by atoms with van der Waals surface area (Å²) in [6.45, 7) is 7.08. The molecule has 36 heavy (non-hydrogen) atoms. The maximum Gasteiger partial charge on any atom is 0.319 e. The van der Waals surface area contributed by atoms with Gasteiger partial charge in [0.15, 0.2) is 0 Å². The van der Waals surface area contributed by atoms with Crippen molar-refractivity contribution < 1.29 is 9.59 Å². The summed E-state index contributed by atoms with van der Waals surface area (Å²) in [5.74, 6) is 0.0425. The van der Waals surface area contributed by atoms with Gasteiger partial charge in [0, 0.05) is 70.0 Å². The fraction of sp³-hybridized carbons (Fsp3) is 0.714. The minimum absolute atomic E-state index is 0.0425. The number of hydrogen-bond donors (Lipinski definition) is 3. The Kier molecular flexibility index (Phi) is 8.64. The van der Waals surface area contributed by atoms with E-state index in [1.165, 1.54) is 51.4 Å². The Bertz CT molecular complexity index is 882. The Hall–Kier alpha value is -2.32. The number of rotatable bonds is 5. The van der Waals surface area contributed by atoms with Gasteiger partial charge < -0.3 is 25.8 Å². The molecule has 0 atom stereocenters. The van der Waals surface area contributed by atoms with E-state index in [9.17, 15) is 9.59 Å². The van der Waals surface area contributed by atoms with Crippen molar-refractivity contribution in [1.82, 2.24) is 20.4 Å². The highest BCUT2D eigenvalue weighted by atomic mass is 16.2. The second kappa shape index (κ2) is 12.3. The van der Waals surface area contributed by atoms with Crippen LogP contribution in [0.25, 0.3) is 0 Å². The van der Waals surface area contributed by atoms with Crippen molar-refractivity contribution >= 4 is 23.3 Å². The number of anilines is 2. The monoisotopic (exact) mass is 496 g/mol. The van der Waals surface area contributed by atoms with E-state index in [-0.39, 0.29) is 18.0 Å². The lowest BCUT2D eigenvalue weighted by molar-refractivity contribution is 0.0736. The molecule has 5 rings (SSSR count). The van der Waals surface area contributed by atoms with E-state index in [2.05, 4.69) is 25.8 Å². The standard InChI is InChI=1S/C28H44N6O2/c35-27(34-15-13-29-14-16-34)22-11-12-26(25(21-22)31-28(36)30-23-7-3-1-4-8-23)33-19-17-32(18-20-33)24-9-5-2-6-10-24/h11-12,21,23-24,29H,1-10,13-20H2,(H2,30,31,36). The van der Waals surface area contributed by atoms with Gasteiger partial charge in [-0.2, -0.15) is 0 Å². The minimum Gasteiger partial charge on any atom is -0.367 e. The second-order valence-electron chi connectivity index (χ2n) is 11.0. The number of urea groups is 1. The van der Waals surface area contributed by atoms with Crippen molar-refractivity contribution in [2.45, 2.75) is 76.3 Å². The molecule has 0 radical (unpaired) electrons. The van der Waals surface area contributed by atoms with Gasteiger partial charge >= 0.3 is 6.03 Å². The number of carbonyl (C=O) groups is 2. The molecule has 8 heteroatoms. The fourth-order valence-electron chi connectivity index (χ4n) is 6.46. The van der Waals surface area contributed by atoms with Gasteiger partial charge in [-0.3, -0.25) is 9.69 Å². The molecule has 2 aliphatic heterocycles. The molecule has 4 aliphatic rings. The average Bonchev–Trinajstić information content (AvgIpc) is 2.94. The second-order valence-corrected chi connectivity index (χ2v) is 11.0. The molecule has 1 aromatic rings. The molecule has 1 aromatic carbocycles. The third kappa shape index (κ3) is 6.32. The molecule has 2 aliphatic carbocycles. The highest BCUT2D eigenvalue weighted by Gasteiger charge is 2.27. The van der Waals surface area contributed by atoms with E-state index in [1.54, 1.807) is 0 Å². The maximum absolute atomic E-state index is 13.2. The SMILES string of the molecule is O=C(Nc1cc(C(=O)N2CCNCC2)ccc1N1CCN(C2CCCCC2)CC1)NC1CCCCC1. The van der Waals surface area contributed by atoms with Crippen LogP contribution in [0.4, 0.5) is 16.2 Å². The van der Waals surface area contributed by atoms with E-state index < -0.39 is 0 Å². The van der Waals surface area contributed by atoms with Crippen LogP contribution < -0.4 is 20.9 Å². The van der Waals surface area contributed by atoms with Gasteiger partial charge in [0.05, 0.1) is 11.4 Å². The summed E-state index contributed by atoms with van der Waals surface area (Å²) in [4.78, 5) is 33.2. The van der Waals surface area contributed by atoms with Crippen LogP contribution in [0.5, 0.6) is 0 Å². The molecule has 198 valence electrons. The lowest BCUT2D eigenvalue weighted by Gasteiger charge is -2.42. The largest absolute Gasteiger partial charge is 0.367 e. The normalized spacial score (nSPS) is 22.9. The quantitative estimate of drug-likeness (QED) is 0.580. The number of nitrogens with one attached hydrogen (secondary N) is 3. The van der Waals surface area contributed by atoms with Crippen LogP contribution in [0.3, 0.4) is 0 Å². The molecule has 4 fully saturated rings. The van der Waals surface area contributed by atoms with Crippen LogP contribution in [0.1, 0.15) is 74.6 Å². The number of carbonyl (C=O) groups excluding carboxylic acids is 2. The summed E-state index contributed by atoms with van der Waals surface area (Å²) in [6.07, 6.45) is 12.5. The Morgan fingerprint density at radius 1 is 0.806 bits per heavy atom. The smallest absolute Gasteiger partial charge is 0.319 e. The van der Waals surface area contributed by atoms with Gasteiger partial charge in [-0.15, -0.1) is 0 Å². The molecule has 3 N–H and O–H groups in total. The molecule has 8 nitrogen and oxygen atoms in total. The lowest BCUT2D eigenvalue weighted by atomic mass is 9.94. The van der Waals surface area contributed by atoms with Crippen molar-refractivity contribution in [2.75, 3.05) is 62.6 Å². The van der Waals surface area contributed by atoms with Crippen LogP contribution in [-0.4, -0.2) is 86.2 Å². The van der Waals surface area contributed by atoms with Crippen molar-refractivity contribution in [3.8, 4) is 0 Å². The first-order valence-corrected chi connectivity index (χ1v) is 14.4.